The highest BCUT2D eigenvalue weighted by Crippen LogP contribution is 2.30. The molecule has 1 unspecified atom stereocenters. The van der Waals surface area contributed by atoms with E-state index in [1.54, 1.807) is 18.3 Å². The number of hydrogen-bond acceptors (Lipinski definition) is 7. The topological polar surface area (TPSA) is 98.0 Å². The van der Waals surface area contributed by atoms with E-state index >= 15 is 0 Å². The van der Waals surface area contributed by atoms with Gasteiger partial charge in [0.25, 0.3) is 0 Å². The molecule has 0 saturated carbocycles. The summed E-state index contributed by atoms with van der Waals surface area (Å²) in [6, 6.07) is 1.78. The quantitative estimate of drug-likeness (QED) is 0.871. The van der Waals surface area contributed by atoms with Crippen LogP contribution in [0, 0.1) is 0 Å². The molecule has 0 spiro atoms. The number of nitrogens with two attached hydrogens (primary N) is 1. The summed E-state index contributed by atoms with van der Waals surface area (Å²) in [7, 11) is -3.04. The highest BCUT2D eigenvalue weighted by molar-refractivity contribution is 7.90. The molecule has 0 aromatic carbocycles. The molecule has 6 nitrogen and oxygen atoms in total. The summed E-state index contributed by atoms with van der Waals surface area (Å²) in [6.45, 7) is 3.87. The number of hydrogen-bond donors (Lipinski definition) is 2. The van der Waals surface area contributed by atoms with Crippen LogP contribution in [0.25, 0.3) is 10.2 Å². The molecule has 0 amide bonds. The summed E-state index contributed by atoms with van der Waals surface area (Å²) in [5, 5.41) is 4.01. The van der Waals surface area contributed by atoms with E-state index in [-0.39, 0.29) is 17.7 Å². The van der Waals surface area contributed by atoms with Gasteiger partial charge >= 0.3 is 0 Å². The van der Waals surface area contributed by atoms with Crippen molar-refractivity contribution in [1.29, 1.82) is 0 Å². The molecule has 1 atom stereocenters. The van der Waals surface area contributed by atoms with E-state index < -0.39 is 9.84 Å². The van der Waals surface area contributed by atoms with Crippen molar-refractivity contribution < 1.29 is 8.42 Å². The van der Waals surface area contributed by atoms with Gasteiger partial charge in [-0.1, -0.05) is 6.92 Å². The van der Waals surface area contributed by atoms with Crippen LogP contribution in [0.2, 0.25) is 0 Å². The molecule has 110 valence electrons. The molecule has 0 saturated heterocycles. The monoisotopic (exact) mass is 314 g/mol. The third-order valence-electron chi connectivity index (χ3n) is 2.75. The average Bonchev–Trinajstić information content (AvgIpc) is 2.69. The fraction of sp³-hybridized carbons (Fsp3) is 0.500. The van der Waals surface area contributed by atoms with Crippen molar-refractivity contribution >= 4 is 43.2 Å². The van der Waals surface area contributed by atoms with E-state index in [0.29, 0.717) is 5.82 Å². The molecule has 0 radical (unpaired) electrons. The number of nitrogen functional groups attached to an aromatic ring is 1. The SMILES string of the molecule is CCc1cc2c(NC(C)CS(C)(=O)=O)nc(N)nc2s1. The Kier molecular flexibility index (Phi) is 4.14. The first-order valence-corrected chi connectivity index (χ1v) is 9.16. The van der Waals surface area contributed by atoms with Crippen molar-refractivity contribution in [2.24, 2.45) is 0 Å². The highest BCUT2D eigenvalue weighted by atomic mass is 32.2. The molecule has 2 rings (SSSR count). The Hall–Kier alpha value is -1.41. The summed E-state index contributed by atoms with van der Waals surface area (Å²) in [4.78, 5) is 10.4. The van der Waals surface area contributed by atoms with Crippen LogP contribution in [0.5, 0.6) is 0 Å². The smallest absolute Gasteiger partial charge is 0.223 e. The van der Waals surface area contributed by atoms with Gasteiger partial charge in [-0.05, 0) is 19.4 Å². The first kappa shape index (κ1) is 15.0. The molecule has 3 N–H and O–H groups in total. The third kappa shape index (κ3) is 3.57. The number of rotatable bonds is 5. The lowest BCUT2D eigenvalue weighted by molar-refractivity contribution is 0.598. The standard InChI is InChI=1S/C12H18N4O2S2/c1-4-8-5-9-10(14-7(2)6-20(3,17)18)15-12(13)16-11(9)19-8/h5,7H,4,6H2,1-3H3,(H3,13,14,15,16). The molecule has 0 fully saturated rings. The van der Waals surface area contributed by atoms with E-state index in [2.05, 4.69) is 22.2 Å². The van der Waals surface area contributed by atoms with Gasteiger partial charge in [-0.2, -0.15) is 4.98 Å². The Morgan fingerprint density at radius 1 is 1.45 bits per heavy atom. The van der Waals surface area contributed by atoms with Gasteiger partial charge in [0.2, 0.25) is 5.95 Å². The molecular formula is C12H18N4O2S2. The van der Waals surface area contributed by atoms with Gasteiger partial charge in [0.15, 0.2) is 0 Å². The molecule has 20 heavy (non-hydrogen) atoms. The lowest BCUT2D eigenvalue weighted by Crippen LogP contribution is -2.25. The summed E-state index contributed by atoms with van der Waals surface area (Å²) in [5.41, 5.74) is 5.70. The van der Waals surface area contributed by atoms with E-state index in [0.717, 1.165) is 16.6 Å². The Morgan fingerprint density at radius 2 is 2.15 bits per heavy atom. The predicted octanol–water partition coefficient (Wildman–Crippen LogP) is 1.68. The molecule has 0 aliphatic heterocycles. The Labute approximate surface area is 122 Å². The maximum Gasteiger partial charge on any atom is 0.223 e. The lowest BCUT2D eigenvalue weighted by atomic mass is 10.3. The minimum atomic E-state index is -3.04. The lowest BCUT2D eigenvalue weighted by Gasteiger charge is -2.14. The molecule has 2 aromatic rings. The zero-order chi connectivity index (χ0) is 14.9. The number of thiophene rings is 1. The predicted molar refractivity (Wildman–Crippen MR) is 84.0 cm³/mol. The summed E-state index contributed by atoms with van der Waals surface area (Å²) in [6.07, 6.45) is 2.13. The van der Waals surface area contributed by atoms with E-state index in [9.17, 15) is 8.42 Å². The zero-order valence-corrected chi connectivity index (χ0v) is 13.3. The van der Waals surface area contributed by atoms with E-state index in [4.69, 9.17) is 5.73 Å². The normalized spacial score (nSPS) is 13.6. The second-order valence-electron chi connectivity index (χ2n) is 4.85. The van der Waals surface area contributed by atoms with Gasteiger partial charge < -0.3 is 11.1 Å². The van der Waals surface area contributed by atoms with E-state index in [1.807, 2.05) is 6.07 Å². The third-order valence-corrected chi connectivity index (χ3v) is 5.02. The number of nitrogens with zero attached hydrogens (tertiary/aromatic N) is 2. The molecule has 8 heteroatoms. The van der Waals surface area contributed by atoms with Gasteiger partial charge in [-0.15, -0.1) is 11.3 Å². The Balaban J connectivity index is 2.35. The zero-order valence-electron chi connectivity index (χ0n) is 11.7. The Bertz CT molecular complexity index is 724. The number of aryl methyl sites for hydroxylation is 1. The summed E-state index contributed by atoms with van der Waals surface area (Å²) >= 11 is 1.58. The number of aromatic nitrogens is 2. The van der Waals surface area contributed by atoms with Gasteiger partial charge in [0.1, 0.15) is 20.5 Å². The van der Waals surface area contributed by atoms with Crippen molar-refractivity contribution in [1.82, 2.24) is 9.97 Å². The second-order valence-corrected chi connectivity index (χ2v) is 8.15. The first-order chi connectivity index (χ1) is 9.28. The van der Waals surface area contributed by atoms with E-state index in [1.165, 1.54) is 11.1 Å². The van der Waals surface area contributed by atoms with Crippen LogP contribution in [0.1, 0.15) is 18.7 Å². The number of fused-ring (bicyclic) bond motifs is 1. The molecule has 0 aliphatic rings. The number of nitrogens with one attached hydrogen (secondary N) is 1. The van der Waals surface area contributed by atoms with Crippen molar-refractivity contribution in [2.75, 3.05) is 23.1 Å². The molecule has 2 aromatic heterocycles. The average molecular weight is 314 g/mol. The second kappa shape index (κ2) is 5.53. The molecule has 0 aliphatic carbocycles. The van der Waals surface area contributed by atoms with Crippen LogP contribution >= 0.6 is 11.3 Å². The summed E-state index contributed by atoms with van der Waals surface area (Å²) < 4.78 is 22.6. The van der Waals surface area contributed by atoms with Gasteiger partial charge in [0.05, 0.1) is 11.1 Å². The van der Waals surface area contributed by atoms with Crippen molar-refractivity contribution in [2.45, 2.75) is 26.3 Å². The fourth-order valence-electron chi connectivity index (χ4n) is 2.00. The van der Waals surface area contributed by atoms with Crippen LogP contribution in [0.15, 0.2) is 6.07 Å². The summed E-state index contributed by atoms with van der Waals surface area (Å²) in [5.74, 6) is 0.832. The number of anilines is 2. The molecular weight excluding hydrogens is 296 g/mol. The largest absolute Gasteiger partial charge is 0.368 e. The molecule has 2 heterocycles. The van der Waals surface area contributed by atoms with Crippen LogP contribution in [0.4, 0.5) is 11.8 Å². The maximum absolute atomic E-state index is 11.3. The van der Waals surface area contributed by atoms with Crippen LogP contribution in [0.3, 0.4) is 0 Å². The van der Waals surface area contributed by atoms with Crippen LogP contribution in [-0.4, -0.2) is 36.4 Å². The minimum Gasteiger partial charge on any atom is -0.368 e. The fourth-order valence-corrected chi connectivity index (χ4v) is 3.97. The maximum atomic E-state index is 11.3. The van der Waals surface area contributed by atoms with Gasteiger partial charge in [-0.25, -0.2) is 13.4 Å². The van der Waals surface area contributed by atoms with Gasteiger partial charge in [0, 0.05) is 17.2 Å². The van der Waals surface area contributed by atoms with Gasteiger partial charge in [-0.3, -0.25) is 0 Å². The first-order valence-electron chi connectivity index (χ1n) is 6.28. The van der Waals surface area contributed by atoms with Crippen LogP contribution in [-0.2, 0) is 16.3 Å². The highest BCUT2D eigenvalue weighted by Gasteiger charge is 2.15. The van der Waals surface area contributed by atoms with Crippen LogP contribution < -0.4 is 11.1 Å². The number of sulfone groups is 1. The van der Waals surface area contributed by atoms with Crippen molar-refractivity contribution in [3.63, 3.8) is 0 Å². The van der Waals surface area contributed by atoms with Crippen molar-refractivity contribution in [3.8, 4) is 0 Å². The van der Waals surface area contributed by atoms with Crippen molar-refractivity contribution in [3.05, 3.63) is 10.9 Å². The minimum absolute atomic E-state index is 0.0448. The molecule has 0 bridgehead atoms. The Morgan fingerprint density at radius 3 is 2.75 bits per heavy atom.